The number of guanidine groups is 1. The zero-order valence-corrected chi connectivity index (χ0v) is 18.7. The van der Waals surface area contributed by atoms with Crippen molar-refractivity contribution in [1.29, 1.82) is 0 Å². The van der Waals surface area contributed by atoms with E-state index in [9.17, 15) is 4.39 Å². The molecule has 0 amide bonds. The quantitative estimate of drug-likeness (QED) is 0.359. The van der Waals surface area contributed by atoms with Crippen molar-refractivity contribution >= 4 is 41.3 Å². The normalized spacial score (nSPS) is 11.2. The van der Waals surface area contributed by atoms with Crippen LogP contribution in [-0.2, 0) is 6.54 Å². The van der Waals surface area contributed by atoms with Crippen molar-refractivity contribution < 1.29 is 9.13 Å². The van der Waals surface area contributed by atoms with Gasteiger partial charge in [-0.2, -0.15) is 0 Å². The van der Waals surface area contributed by atoms with Crippen LogP contribution in [0.4, 0.5) is 4.39 Å². The molecule has 1 heterocycles. The molecule has 0 aliphatic rings. The van der Waals surface area contributed by atoms with E-state index >= 15 is 0 Å². The monoisotopic (exact) mass is 492 g/mol. The first-order valence-corrected chi connectivity index (χ1v) is 9.12. The number of rotatable bonds is 7. The predicted octanol–water partition coefficient (Wildman–Crippen LogP) is 4.11. The molecule has 0 saturated carbocycles. The number of aliphatic imine (C=N–C) groups is 1. The van der Waals surface area contributed by atoms with Gasteiger partial charge in [0, 0.05) is 25.4 Å². The van der Waals surface area contributed by atoms with Gasteiger partial charge in [0.15, 0.2) is 17.5 Å². The van der Waals surface area contributed by atoms with Crippen LogP contribution in [0.25, 0.3) is 0 Å². The minimum atomic E-state index is -0.350. The number of likely N-dealkylation sites (N-methyl/N-ethyl adjacent to an activating group) is 1. The van der Waals surface area contributed by atoms with Crippen molar-refractivity contribution in [2.75, 3.05) is 27.2 Å². The first kappa shape index (κ1) is 22.6. The third kappa shape index (κ3) is 6.71. The van der Waals surface area contributed by atoms with Crippen LogP contribution in [0.2, 0.25) is 0 Å². The van der Waals surface area contributed by atoms with E-state index in [1.165, 1.54) is 6.07 Å². The van der Waals surface area contributed by atoms with Gasteiger partial charge in [-0.1, -0.05) is 26.0 Å². The van der Waals surface area contributed by atoms with Crippen LogP contribution in [0.3, 0.4) is 0 Å². The number of nitrogens with one attached hydrogen (secondary N) is 1. The molecular formula is C18H26FIN4OS. The van der Waals surface area contributed by atoms with Gasteiger partial charge in [-0.05, 0) is 12.1 Å². The molecule has 0 aliphatic heterocycles. The number of ether oxygens (including phenoxy) is 1. The largest absolute Gasteiger partial charge is 0.489 e. The number of benzene rings is 1. The summed E-state index contributed by atoms with van der Waals surface area (Å²) in [6, 6.07) is 6.40. The molecule has 1 N–H and O–H groups in total. The molecule has 0 fully saturated rings. The summed E-state index contributed by atoms with van der Waals surface area (Å²) in [7, 11) is 3.65. The molecule has 0 unspecified atom stereocenters. The lowest BCUT2D eigenvalue weighted by Crippen LogP contribution is -2.40. The Balaban J connectivity index is 0.00000338. The van der Waals surface area contributed by atoms with E-state index in [0.29, 0.717) is 25.6 Å². The Labute approximate surface area is 175 Å². The maximum atomic E-state index is 13.5. The summed E-state index contributed by atoms with van der Waals surface area (Å²) in [5.74, 6) is 1.10. The minimum Gasteiger partial charge on any atom is -0.489 e. The minimum absolute atomic E-state index is 0. The van der Waals surface area contributed by atoms with Gasteiger partial charge in [-0.25, -0.2) is 9.37 Å². The number of hydrogen-bond donors (Lipinski definition) is 1. The van der Waals surface area contributed by atoms with Crippen LogP contribution in [0, 0.1) is 5.82 Å². The number of halogens is 2. The van der Waals surface area contributed by atoms with Gasteiger partial charge in [0.2, 0.25) is 0 Å². The van der Waals surface area contributed by atoms with Gasteiger partial charge in [0.1, 0.15) is 6.61 Å². The molecule has 144 valence electrons. The zero-order chi connectivity index (χ0) is 18.2. The van der Waals surface area contributed by atoms with Crippen molar-refractivity contribution in [3.05, 3.63) is 46.2 Å². The third-order valence-corrected chi connectivity index (χ3v) is 4.78. The highest BCUT2D eigenvalue weighted by atomic mass is 127. The van der Waals surface area contributed by atoms with Gasteiger partial charge < -0.3 is 15.0 Å². The van der Waals surface area contributed by atoms with Crippen molar-refractivity contribution in [3.8, 4) is 5.75 Å². The van der Waals surface area contributed by atoms with Crippen LogP contribution < -0.4 is 10.1 Å². The smallest absolute Gasteiger partial charge is 0.193 e. The van der Waals surface area contributed by atoms with Gasteiger partial charge in [0.25, 0.3) is 0 Å². The van der Waals surface area contributed by atoms with E-state index in [-0.39, 0.29) is 35.5 Å². The molecule has 5 nitrogen and oxygen atoms in total. The molecule has 0 aliphatic carbocycles. The van der Waals surface area contributed by atoms with Gasteiger partial charge in [-0.3, -0.25) is 4.99 Å². The SMILES string of the molecule is CN=C(NCc1csc(C(C)C)n1)N(C)CCOc1ccccc1F.I. The second kappa shape index (κ2) is 11.3. The van der Waals surface area contributed by atoms with Gasteiger partial charge in [-0.15, -0.1) is 35.3 Å². The number of aromatic nitrogens is 1. The number of para-hydroxylation sites is 1. The molecular weight excluding hydrogens is 466 g/mol. The highest BCUT2D eigenvalue weighted by Crippen LogP contribution is 2.19. The van der Waals surface area contributed by atoms with Crippen molar-refractivity contribution in [1.82, 2.24) is 15.2 Å². The number of hydrogen-bond acceptors (Lipinski definition) is 4. The molecule has 0 spiro atoms. The van der Waals surface area contributed by atoms with E-state index in [4.69, 9.17) is 4.74 Å². The first-order valence-electron chi connectivity index (χ1n) is 8.24. The number of nitrogens with zero attached hydrogens (tertiary/aromatic N) is 3. The summed E-state index contributed by atoms with van der Waals surface area (Å²) >= 11 is 1.68. The number of thiazole rings is 1. The molecule has 0 atom stereocenters. The average molecular weight is 492 g/mol. The highest BCUT2D eigenvalue weighted by Gasteiger charge is 2.09. The maximum Gasteiger partial charge on any atom is 0.193 e. The van der Waals surface area contributed by atoms with Crippen molar-refractivity contribution in [2.45, 2.75) is 26.3 Å². The Morgan fingerprint density at radius 1 is 1.38 bits per heavy atom. The molecule has 1 aromatic heterocycles. The Bertz CT molecular complexity index is 708. The molecule has 2 aromatic rings. The topological polar surface area (TPSA) is 49.8 Å². The predicted molar refractivity (Wildman–Crippen MR) is 116 cm³/mol. The fourth-order valence-electron chi connectivity index (χ4n) is 2.18. The average Bonchev–Trinajstić information content (AvgIpc) is 3.06. The molecule has 0 bridgehead atoms. The third-order valence-electron chi connectivity index (χ3n) is 3.59. The standard InChI is InChI=1S/C18H25FN4OS.HI/c1-13(2)17-22-14(12-25-17)11-21-18(20-3)23(4)9-10-24-16-8-6-5-7-15(16)19;/h5-8,12-13H,9-11H2,1-4H3,(H,20,21);1H. The fraction of sp³-hybridized carbons (Fsp3) is 0.444. The van der Waals surface area contributed by atoms with Crippen molar-refractivity contribution in [2.24, 2.45) is 4.99 Å². The van der Waals surface area contributed by atoms with Crippen LogP contribution in [0.5, 0.6) is 5.75 Å². The zero-order valence-electron chi connectivity index (χ0n) is 15.5. The molecule has 0 radical (unpaired) electrons. The Kier molecular flexibility index (Phi) is 9.85. The summed E-state index contributed by atoms with van der Waals surface area (Å²) in [4.78, 5) is 10.8. The lowest BCUT2D eigenvalue weighted by molar-refractivity contribution is 0.270. The first-order chi connectivity index (χ1) is 12.0. The van der Waals surface area contributed by atoms with Crippen LogP contribution in [-0.4, -0.2) is 43.1 Å². The Morgan fingerprint density at radius 2 is 2.12 bits per heavy atom. The second-order valence-corrected chi connectivity index (χ2v) is 6.82. The van der Waals surface area contributed by atoms with Crippen LogP contribution in [0.1, 0.15) is 30.5 Å². The lowest BCUT2D eigenvalue weighted by Gasteiger charge is -2.22. The Hall–Kier alpha value is -1.42. The fourth-order valence-corrected chi connectivity index (χ4v) is 3.02. The summed E-state index contributed by atoms with van der Waals surface area (Å²) in [6.45, 7) is 5.85. The highest BCUT2D eigenvalue weighted by molar-refractivity contribution is 14.0. The molecule has 0 saturated heterocycles. The summed E-state index contributed by atoms with van der Waals surface area (Å²) in [5.41, 5.74) is 1.01. The molecule has 2 rings (SSSR count). The van der Waals surface area contributed by atoms with E-state index in [1.54, 1.807) is 36.6 Å². The van der Waals surface area contributed by atoms with Gasteiger partial charge >= 0.3 is 0 Å². The maximum absolute atomic E-state index is 13.5. The van der Waals surface area contributed by atoms with E-state index < -0.39 is 0 Å². The van der Waals surface area contributed by atoms with Crippen LogP contribution >= 0.6 is 35.3 Å². The Morgan fingerprint density at radius 3 is 2.73 bits per heavy atom. The molecule has 26 heavy (non-hydrogen) atoms. The van der Waals surface area contributed by atoms with E-state index in [0.717, 1.165) is 16.7 Å². The van der Waals surface area contributed by atoms with E-state index in [1.807, 2.05) is 11.9 Å². The second-order valence-electron chi connectivity index (χ2n) is 5.93. The molecule has 1 aromatic carbocycles. The molecule has 8 heteroatoms. The summed E-state index contributed by atoms with van der Waals surface area (Å²) in [5, 5.41) is 6.49. The summed E-state index contributed by atoms with van der Waals surface area (Å²) < 4.78 is 19.0. The van der Waals surface area contributed by atoms with Crippen LogP contribution in [0.15, 0.2) is 34.6 Å². The lowest BCUT2D eigenvalue weighted by atomic mass is 10.2. The van der Waals surface area contributed by atoms with Crippen molar-refractivity contribution in [3.63, 3.8) is 0 Å². The summed E-state index contributed by atoms with van der Waals surface area (Å²) in [6.07, 6.45) is 0. The van der Waals surface area contributed by atoms with Gasteiger partial charge in [0.05, 0.1) is 23.8 Å². The van der Waals surface area contributed by atoms with E-state index in [2.05, 4.69) is 34.5 Å².